The van der Waals surface area contributed by atoms with Crippen LogP contribution in [0, 0.1) is 0 Å². The number of carbonyl (C=O) groups excluding carboxylic acids is 3. The minimum Gasteiger partial charge on any atom is -1.00 e. The maximum atomic E-state index is 11.6. The number of allylic oxidation sites excluding steroid dienone is 2. The van der Waals surface area contributed by atoms with Crippen LogP contribution >= 0.6 is 0 Å². The van der Waals surface area contributed by atoms with Crippen molar-refractivity contribution in [3.8, 4) is 0 Å². The maximum Gasteiger partial charge on any atom is 1.00 e. The predicted octanol–water partition coefficient (Wildman–Crippen LogP) is 2.49. The van der Waals surface area contributed by atoms with Crippen molar-refractivity contribution in [2.45, 2.75) is 116 Å². The van der Waals surface area contributed by atoms with E-state index in [9.17, 15) is 14.4 Å². The van der Waals surface area contributed by atoms with Gasteiger partial charge in [-0.1, -0.05) is 70.4 Å². The van der Waals surface area contributed by atoms with Crippen molar-refractivity contribution in [1.82, 2.24) is 0 Å². The summed E-state index contributed by atoms with van der Waals surface area (Å²) < 4.78 is 9.21. The Morgan fingerprint density at radius 1 is 0.806 bits per heavy atom. The largest absolute Gasteiger partial charge is 1.00 e. The Bertz CT molecular complexity index is 503. The van der Waals surface area contributed by atoms with E-state index in [0.717, 1.165) is 32.1 Å². The SMILES string of the molecule is CCCCCCCC/C=C\CCCCCCCC(=O)OC(=O)CCC(N)C(=O)OC.[H-].[Na+]. The Morgan fingerprint density at radius 2 is 1.29 bits per heavy atom. The van der Waals surface area contributed by atoms with Crippen molar-refractivity contribution in [3.63, 3.8) is 0 Å². The fourth-order valence-electron chi connectivity index (χ4n) is 3.11. The molecule has 0 radical (unpaired) electrons. The second kappa shape index (κ2) is 24.0. The van der Waals surface area contributed by atoms with Gasteiger partial charge in [-0.05, 0) is 38.5 Å². The molecule has 0 aliphatic heterocycles. The molecule has 0 aromatic rings. The summed E-state index contributed by atoms with van der Waals surface area (Å²) in [6.45, 7) is 2.25. The molecule has 176 valence electrons. The number of carbonyl (C=O) groups is 3. The van der Waals surface area contributed by atoms with Gasteiger partial charge in [0.25, 0.3) is 0 Å². The standard InChI is InChI=1S/C24H43NO5.Na.H/c1-3-4-5-6-7-8-9-10-11-12-13-14-15-16-17-18-22(26)30-23(27)20-19-21(25)24(28)29-2;;/h10-11,21H,3-9,12-20,25H2,1-2H3;;/q;+1;-1/b11-10-;;. The molecule has 0 bridgehead atoms. The fraction of sp³-hybridized carbons (Fsp3) is 0.792. The van der Waals surface area contributed by atoms with Crippen LogP contribution in [-0.2, 0) is 23.9 Å². The van der Waals surface area contributed by atoms with Gasteiger partial charge in [-0.15, -0.1) is 0 Å². The zero-order valence-electron chi connectivity index (χ0n) is 21.2. The smallest absolute Gasteiger partial charge is 1.00 e. The summed E-state index contributed by atoms with van der Waals surface area (Å²) >= 11 is 0. The van der Waals surface area contributed by atoms with Crippen molar-refractivity contribution < 1.29 is 54.8 Å². The first-order valence-electron chi connectivity index (χ1n) is 11.7. The van der Waals surface area contributed by atoms with Gasteiger partial charge in [0.05, 0.1) is 7.11 Å². The Hall–Kier alpha value is -0.690. The predicted molar refractivity (Wildman–Crippen MR) is 121 cm³/mol. The third-order valence-electron chi connectivity index (χ3n) is 5.03. The summed E-state index contributed by atoms with van der Waals surface area (Å²) in [7, 11) is 1.23. The number of hydrogen-bond donors (Lipinski definition) is 1. The van der Waals surface area contributed by atoms with E-state index in [0.29, 0.717) is 0 Å². The first-order valence-corrected chi connectivity index (χ1v) is 11.7. The first kappa shape index (κ1) is 32.5. The van der Waals surface area contributed by atoms with Crippen LogP contribution < -0.4 is 35.3 Å². The number of methoxy groups -OCH3 is 1. The maximum absolute atomic E-state index is 11.6. The number of unbranched alkanes of at least 4 members (excludes halogenated alkanes) is 11. The number of esters is 3. The third kappa shape index (κ3) is 22.3. The van der Waals surface area contributed by atoms with E-state index >= 15 is 0 Å². The molecule has 0 amide bonds. The number of rotatable bonds is 19. The summed E-state index contributed by atoms with van der Waals surface area (Å²) in [5.74, 6) is -1.74. The monoisotopic (exact) mass is 449 g/mol. The topological polar surface area (TPSA) is 95.7 Å². The van der Waals surface area contributed by atoms with Gasteiger partial charge in [0, 0.05) is 12.8 Å². The number of hydrogen-bond acceptors (Lipinski definition) is 6. The van der Waals surface area contributed by atoms with Crippen molar-refractivity contribution in [1.29, 1.82) is 0 Å². The normalized spacial score (nSPS) is 11.7. The van der Waals surface area contributed by atoms with Crippen LogP contribution in [0.2, 0.25) is 0 Å². The van der Waals surface area contributed by atoms with Crippen LogP contribution in [0.4, 0.5) is 0 Å². The molecule has 31 heavy (non-hydrogen) atoms. The summed E-state index contributed by atoms with van der Waals surface area (Å²) in [4.78, 5) is 34.4. The molecule has 1 atom stereocenters. The van der Waals surface area contributed by atoms with Gasteiger partial charge >= 0.3 is 47.5 Å². The van der Waals surface area contributed by atoms with E-state index in [1.165, 1.54) is 58.5 Å². The van der Waals surface area contributed by atoms with Crippen molar-refractivity contribution in [3.05, 3.63) is 12.2 Å². The van der Waals surface area contributed by atoms with Gasteiger partial charge in [0.2, 0.25) is 0 Å². The van der Waals surface area contributed by atoms with E-state index in [1.54, 1.807) is 0 Å². The molecule has 1 unspecified atom stereocenters. The van der Waals surface area contributed by atoms with Crippen molar-refractivity contribution in [2.24, 2.45) is 5.73 Å². The Balaban J connectivity index is -0.00000420. The molecule has 0 aliphatic rings. The van der Waals surface area contributed by atoms with E-state index in [-0.39, 0.29) is 50.2 Å². The van der Waals surface area contributed by atoms with Crippen LogP contribution in [0.3, 0.4) is 0 Å². The summed E-state index contributed by atoms with van der Waals surface area (Å²) in [5, 5.41) is 0. The molecule has 0 saturated carbocycles. The summed E-state index contributed by atoms with van der Waals surface area (Å²) in [5.41, 5.74) is 5.53. The minimum atomic E-state index is -0.872. The van der Waals surface area contributed by atoms with Gasteiger partial charge in [-0.2, -0.15) is 0 Å². The Labute approximate surface area is 212 Å². The Morgan fingerprint density at radius 3 is 1.84 bits per heavy atom. The zero-order chi connectivity index (χ0) is 22.5. The van der Waals surface area contributed by atoms with Crippen LogP contribution in [-0.4, -0.2) is 31.1 Å². The molecule has 0 spiro atoms. The summed E-state index contributed by atoms with van der Waals surface area (Å²) in [6, 6.07) is -0.872. The molecule has 7 heteroatoms. The van der Waals surface area contributed by atoms with Gasteiger partial charge in [-0.25, -0.2) is 0 Å². The summed E-state index contributed by atoms with van der Waals surface area (Å²) in [6.07, 6.45) is 20.4. The van der Waals surface area contributed by atoms with E-state index in [1.807, 2.05) is 0 Å². The van der Waals surface area contributed by atoms with Crippen molar-refractivity contribution >= 4 is 17.9 Å². The molecule has 0 aliphatic carbocycles. The quantitative estimate of drug-likeness (QED) is 0.107. The fourth-order valence-corrected chi connectivity index (χ4v) is 3.11. The average molecular weight is 450 g/mol. The van der Waals surface area contributed by atoms with Crippen LogP contribution in [0.5, 0.6) is 0 Å². The van der Waals surface area contributed by atoms with Crippen LogP contribution in [0.1, 0.15) is 111 Å². The number of ether oxygens (including phenoxy) is 2. The second-order valence-corrected chi connectivity index (χ2v) is 7.85. The average Bonchev–Trinajstić information content (AvgIpc) is 2.74. The first-order chi connectivity index (χ1) is 14.5. The van der Waals surface area contributed by atoms with Gasteiger partial charge in [0.15, 0.2) is 0 Å². The third-order valence-corrected chi connectivity index (χ3v) is 5.03. The molecule has 0 heterocycles. The minimum absolute atomic E-state index is 0. The molecule has 0 aromatic carbocycles. The molecule has 0 saturated heterocycles. The molecule has 0 rings (SSSR count). The van der Waals surface area contributed by atoms with Gasteiger partial charge < -0.3 is 16.6 Å². The molecule has 0 aromatic heterocycles. The molecule has 0 fully saturated rings. The van der Waals surface area contributed by atoms with Crippen LogP contribution in [0.15, 0.2) is 12.2 Å². The van der Waals surface area contributed by atoms with Gasteiger partial charge in [0.1, 0.15) is 6.04 Å². The second-order valence-electron chi connectivity index (χ2n) is 7.85. The molecular weight excluding hydrogens is 405 g/mol. The van der Waals surface area contributed by atoms with Gasteiger partial charge in [-0.3, -0.25) is 14.4 Å². The van der Waals surface area contributed by atoms with E-state index in [2.05, 4.69) is 23.8 Å². The number of nitrogens with two attached hydrogens (primary N) is 1. The molecule has 2 N–H and O–H groups in total. The molecule has 6 nitrogen and oxygen atoms in total. The van der Waals surface area contributed by atoms with E-state index < -0.39 is 23.9 Å². The van der Waals surface area contributed by atoms with Crippen molar-refractivity contribution in [2.75, 3.05) is 7.11 Å². The van der Waals surface area contributed by atoms with Crippen LogP contribution in [0.25, 0.3) is 0 Å². The van der Waals surface area contributed by atoms with E-state index in [4.69, 9.17) is 10.5 Å². The zero-order valence-corrected chi connectivity index (χ0v) is 22.2. The molecular formula is C24H44NNaO5. The Kier molecular flexibility index (Phi) is 25.1.